The number of carbonyl (C=O) groups excluding carboxylic acids is 1. The third-order valence-electron chi connectivity index (χ3n) is 2.91. The molecule has 1 saturated carbocycles. The summed E-state index contributed by atoms with van der Waals surface area (Å²) < 4.78 is 0. The Morgan fingerprint density at radius 2 is 1.80 bits per heavy atom. The molecule has 0 spiro atoms. The maximum Gasteiger partial charge on any atom is 0.223 e. The van der Waals surface area contributed by atoms with Gasteiger partial charge >= 0.3 is 0 Å². The number of aliphatic hydroxyl groups excluding tert-OH is 2. The van der Waals surface area contributed by atoms with Crippen LogP contribution < -0.4 is 0 Å². The molecular weight excluding hydrogens is 214 g/mol. The van der Waals surface area contributed by atoms with Crippen molar-refractivity contribution in [2.24, 2.45) is 5.41 Å². The molecule has 0 radical (unpaired) electrons. The van der Waals surface area contributed by atoms with Crippen molar-refractivity contribution in [3.63, 3.8) is 0 Å². The van der Waals surface area contributed by atoms with E-state index in [-0.39, 0.29) is 24.5 Å². The van der Waals surface area contributed by atoms with E-state index in [9.17, 15) is 4.79 Å². The Morgan fingerprint density at radius 1 is 1.27 bits per heavy atom. The van der Waals surface area contributed by atoms with Gasteiger partial charge in [0.05, 0.1) is 13.2 Å². The van der Waals surface area contributed by atoms with Gasteiger partial charge in [-0.25, -0.2) is 0 Å². The average Bonchev–Trinajstić information content (AvgIpc) is 2.98. The van der Waals surface area contributed by atoms with Crippen LogP contribution >= 0.6 is 12.6 Å². The van der Waals surface area contributed by atoms with E-state index in [4.69, 9.17) is 10.2 Å². The van der Waals surface area contributed by atoms with Gasteiger partial charge in [-0.1, -0.05) is 0 Å². The Labute approximate surface area is 95.7 Å². The highest BCUT2D eigenvalue weighted by atomic mass is 32.1. The molecule has 1 rings (SSSR count). The average molecular weight is 233 g/mol. The van der Waals surface area contributed by atoms with Gasteiger partial charge in [-0.15, -0.1) is 0 Å². The van der Waals surface area contributed by atoms with Crippen molar-refractivity contribution in [3.05, 3.63) is 0 Å². The van der Waals surface area contributed by atoms with E-state index in [0.29, 0.717) is 19.5 Å². The van der Waals surface area contributed by atoms with Crippen molar-refractivity contribution >= 4 is 18.5 Å². The van der Waals surface area contributed by atoms with Gasteiger partial charge < -0.3 is 15.1 Å². The third-order valence-corrected chi connectivity index (χ3v) is 3.58. The van der Waals surface area contributed by atoms with Crippen molar-refractivity contribution in [1.29, 1.82) is 0 Å². The van der Waals surface area contributed by atoms with E-state index in [2.05, 4.69) is 12.6 Å². The normalized spacial score (nSPS) is 17.5. The number of hydrogen-bond acceptors (Lipinski definition) is 4. The first-order chi connectivity index (χ1) is 7.17. The van der Waals surface area contributed by atoms with Gasteiger partial charge in [0, 0.05) is 19.5 Å². The van der Waals surface area contributed by atoms with Gasteiger partial charge in [-0.05, 0) is 24.0 Å². The van der Waals surface area contributed by atoms with Crippen molar-refractivity contribution in [3.8, 4) is 0 Å². The van der Waals surface area contributed by atoms with E-state index in [1.807, 2.05) is 0 Å². The zero-order valence-corrected chi connectivity index (χ0v) is 9.75. The Balaban J connectivity index is 2.41. The quantitative estimate of drug-likeness (QED) is 0.538. The van der Waals surface area contributed by atoms with Gasteiger partial charge in [0.25, 0.3) is 0 Å². The van der Waals surface area contributed by atoms with Gasteiger partial charge in [-0.2, -0.15) is 12.6 Å². The van der Waals surface area contributed by atoms with Crippen LogP contribution in [0.5, 0.6) is 0 Å². The van der Waals surface area contributed by atoms with Crippen LogP contribution in [0.3, 0.4) is 0 Å². The summed E-state index contributed by atoms with van der Waals surface area (Å²) in [5.41, 5.74) is 0.101. The van der Waals surface area contributed by atoms with E-state index in [1.54, 1.807) is 0 Å². The Bertz CT molecular complexity index is 213. The lowest BCUT2D eigenvalue weighted by atomic mass is 10.0. The van der Waals surface area contributed by atoms with Crippen LogP contribution in [0.25, 0.3) is 0 Å². The SMILES string of the molecule is O=C(CC1(CS)CC1)N(CCO)CCO. The van der Waals surface area contributed by atoms with Crippen LogP contribution in [0.15, 0.2) is 0 Å². The molecule has 0 aliphatic heterocycles. The molecule has 5 heteroatoms. The van der Waals surface area contributed by atoms with Crippen molar-refractivity contribution in [1.82, 2.24) is 4.90 Å². The van der Waals surface area contributed by atoms with E-state index >= 15 is 0 Å². The molecule has 88 valence electrons. The second-order valence-electron chi connectivity index (χ2n) is 4.16. The van der Waals surface area contributed by atoms with Gasteiger partial charge in [0.2, 0.25) is 5.91 Å². The smallest absolute Gasteiger partial charge is 0.223 e. The predicted octanol–water partition coefficient (Wildman–Crippen LogP) is -0.100. The highest BCUT2D eigenvalue weighted by molar-refractivity contribution is 7.80. The van der Waals surface area contributed by atoms with Crippen LogP contribution in [0.1, 0.15) is 19.3 Å². The second-order valence-corrected chi connectivity index (χ2v) is 4.48. The molecule has 0 heterocycles. The Kier molecular flexibility index (Phi) is 4.89. The van der Waals surface area contributed by atoms with Crippen molar-refractivity contribution in [2.75, 3.05) is 32.1 Å². The number of rotatable bonds is 7. The van der Waals surface area contributed by atoms with Gasteiger partial charge in [0.1, 0.15) is 0 Å². The maximum absolute atomic E-state index is 11.8. The maximum atomic E-state index is 11.8. The summed E-state index contributed by atoms with van der Waals surface area (Å²) in [6.45, 7) is 0.503. The minimum Gasteiger partial charge on any atom is -0.395 e. The molecule has 1 aliphatic carbocycles. The predicted molar refractivity (Wildman–Crippen MR) is 60.9 cm³/mol. The lowest BCUT2D eigenvalue weighted by Gasteiger charge is -2.23. The molecule has 15 heavy (non-hydrogen) atoms. The number of nitrogens with zero attached hydrogens (tertiary/aromatic N) is 1. The van der Waals surface area contributed by atoms with Gasteiger partial charge in [0.15, 0.2) is 0 Å². The summed E-state index contributed by atoms with van der Waals surface area (Å²) in [6.07, 6.45) is 2.62. The van der Waals surface area contributed by atoms with Crippen LogP contribution in [-0.4, -0.2) is 53.1 Å². The summed E-state index contributed by atoms with van der Waals surface area (Å²) >= 11 is 4.24. The number of aliphatic hydroxyl groups is 2. The molecule has 1 amide bonds. The highest BCUT2D eigenvalue weighted by Gasteiger charge is 2.43. The number of carbonyl (C=O) groups is 1. The fraction of sp³-hybridized carbons (Fsp3) is 0.900. The van der Waals surface area contributed by atoms with E-state index in [0.717, 1.165) is 18.6 Å². The zero-order chi connectivity index (χ0) is 11.3. The number of amides is 1. The Hall–Kier alpha value is -0.260. The van der Waals surface area contributed by atoms with Crippen molar-refractivity contribution < 1.29 is 15.0 Å². The number of hydrogen-bond donors (Lipinski definition) is 3. The van der Waals surface area contributed by atoms with Crippen LogP contribution in [0.4, 0.5) is 0 Å². The molecular formula is C10H19NO3S. The molecule has 0 aromatic heterocycles. The highest BCUT2D eigenvalue weighted by Crippen LogP contribution is 2.49. The zero-order valence-electron chi connectivity index (χ0n) is 8.85. The van der Waals surface area contributed by atoms with Crippen LogP contribution in [0, 0.1) is 5.41 Å². The summed E-state index contributed by atoms with van der Waals surface area (Å²) in [6, 6.07) is 0. The van der Waals surface area contributed by atoms with E-state index in [1.165, 1.54) is 4.90 Å². The molecule has 0 bridgehead atoms. The monoisotopic (exact) mass is 233 g/mol. The molecule has 2 N–H and O–H groups in total. The third kappa shape index (κ3) is 3.66. The van der Waals surface area contributed by atoms with Gasteiger partial charge in [-0.3, -0.25) is 4.79 Å². The fourth-order valence-corrected chi connectivity index (χ4v) is 2.03. The standard InChI is InChI=1S/C10H19NO3S/c12-5-3-11(4-6-13)9(14)7-10(8-15)1-2-10/h12-13,15H,1-8H2. The Morgan fingerprint density at radius 3 is 2.13 bits per heavy atom. The minimum atomic E-state index is -0.0559. The summed E-state index contributed by atoms with van der Waals surface area (Å²) in [5, 5.41) is 17.6. The molecule has 4 nitrogen and oxygen atoms in total. The molecule has 0 atom stereocenters. The fourth-order valence-electron chi connectivity index (χ4n) is 1.60. The van der Waals surface area contributed by atoms with Crippen LogP contribution in [0.2, 0.25) is 0 Å². The first-order valence-corrected chi connectivity index (χ1v) is 5.91. The molecule has 0 saturated heterocycles. The second kappa shape index (κ2) is 5.72. The van der Waals surface area contributed by atoms with Crippen LogP contribution in [-0.2, 0) is 4.79 Å². The minimum absolute atomic E-state index is 0.0182. The summed E-state index contributed by atoms with van der Waals surface area (Å²) in [4.78, 5) is 13.3. The molecule has 0 unspecified atom stereocenters. The first kappa shape index (κ1) is 12.8. The molecule has 0 aromatic rings. The lowest BCUT2D eigenvalue weighted by Crippen LogP contribution is -2.37. The summed E-state index contributed by atoms with van der Waals surface area (Å²) in [7, 11) is 0. The lowest BCUT2D eigenvalue weighted by molar-refractivity contribution is -0.133. The molecule has 1 aliphatic rings. The number of thiol groups is 1. The van der Waals surface area contributed by atoms with Crippen molar-refractivity contribution in [2.45, 2.75) is 19.3 Å². The van der Waals surface area contributed by atoms with E-state index < -0.39 is 0 Å². The first-order valence-electron chi connectivity index (χ1n) is 5.28. The molecule has 1 fully saturated rings. The summed E-state index contributed by atoms with van der Waals surface area (Å²) in [5.74, 6) is 0.759. The topological polar surface area (TPSA) is 60.8 Å². The molecule has 0 aromatic carbocycles. The largest absolute Gasteiger partial charge is 0.395 e.